The molecular formula is C25H33N3O2. The van der Waals surface area contributed by atoms with Crippen LogP contribution in [0.4, 0.5) is 0 Å². The zero-order valence-electron chi connectivity index (χ0n) is 18.0. The Kier molecular flexibility index (Phi) is 6.68. The van der Waals surface area contributed by atoms with Crippen molar-refractivity contribution in [1.82, 2.24) is 15.2 Å². The van der Waals surface area contributed by atoms with Crippen LogP contribution in [0.1, 0.15) is 56.6 Å². The fraction of sp³-hybridized carbons (Fsp3) is 0.520. The van der Waals surface area contributed by atoms with Crippen molar-refractivity contribution >= 4 is 5.91 Å². The maximum absolute atomic E-state index is 13.0. The number of nitrogens with one attached hydrogen (secondary N) is 1. The van der Waals surface area contributed by atoms with Crippen LogP contribution in [0.5, 0.6) is 5.88 Å². The van der Waals surface area contributed by atoms with E-state index in [4.69, 9.17) is 4.74 Å². The minimum Gasteiger partial charge on any atom is -0.474 e. The van der Waals surface area contributed by atoms with Gasteiger partial charge in [-0.1, -0.05) is 43.3 Å². The van der Waals surface area contributed by atoms with Crippen LogP contribution in [-0.4, -0.2) is 35.0 Å². The molecule has 5 heteroatoms. The third kappa shape index (κ3) is 5.20. The molecule has 0 radical (unpaired) electrons. The molecule has 2 heterocycles. The van der Waals surface area contributed by atoms with E-state index in [1.807, 2.05) is 18.2 Å². The highest BCUT2D eigenvalue weighted by atomic mass is 16.5. The van der Waals surface area contributed by atoms with Gasteiger partial charge in [0.1, 0.15) is 6.10 Å². The summed E-state index contributed by atoms with van der Waals surface area (Å²) in [6.07, 6.45) is 8.43. The number of hydrogen-bond acceptors (Lipinski definition) is 4. The minimum atomic E-state index is -0.318. The molecule has 0 unspecified atom stereocenters. The number of carbonyl (C=O) groups is 1. The molecule has 1 aliphatic heterocycles. The maximum Gasteiger partial charge on any atom is 0.226 e. The summed E-state index contributed by atoms with van der Waals surface area (Å²) in [7, 11) is 0. The van der Waals surface area contributed by atoms with Gasteiger partial charge in [-0.2, -0.15) is 0 Å². The van der Waals surface area contributed by atoms with Crippen molar-refractivity contribution in [1.29, 1.82) is 0 Å². The van der Waals surface area contributed by atoms with Crippen molar-refractivity contribution in [3.05, 3.63) is 59.8 Å². The van der Waals surface area contributed by atoms with Crippen molar-refractivity contribution in [3.8, 4) is 5.88 Å². The summed E-state index contributed by atoms with van der Waals surface area (Å²) in [5, 5.41) is 3.16. The Morgan fingerprint density at radius 1 is 1.13 bits per heavy atom. The van der Waals surface area contributed by atoms with Gasteiger partial charge in [-0.25, -0.2) is 4.98 Å². The number of nitrogens with zero attached hydrogens (tertiary/aromatic N) is 2. The fourth-order valence-corrected chi connectivity index (χ4v) is 4.49. The van der Waals surface area contributed by atoms with Crippen molar-refractivity contribution < 1.29 is 9.53 Å². The van der Waals surface area contributed by atoms with Gasteiger partial charge in [-0.05, 0) is 63.2 Å². The van der Waals surface area contributed by atoms with Crippen molar-refractivity contribution in [3.63, 3.8) is 0 Å². The number of piperidine rings is 1. The van der Waals surface area contributed by atoms with Crippen LogP contribution in [0, 0.1) is 5.41 Å². The van der Waals surface area contributed by atoms with E-state index < -0.39 is 0 Å². The lowest BCUT2D eigenvalue weighted by Gasteiger charge is -2.38. The van der Waals surface area contributed by atoms with E-state index in [2.05, 4.69) is 46.4 Å². The van der Waals surface area contributed by atoms with E-state index >= 15 is 0 Å². The third-order valence-electron chi connectivity index (χ3n) is 6.63. The largest absolute Gasteiger partial charge is 0.474 e. The Morgan fingerprint density at radius 3 is 2.60 bits per heavy atom. The Morgan fingerprint density at radius 2 is 1.87 bits per heavy atom. The molecule has 1 aromatic heterocycles. The van der Waals surface area contributed by atoms with Gasteiger partial charge < -0.3 is 10.1 Å². The van der Waals surface area contributed by atoms with Crippen molar-refractivity contribution in [2.24, 2.45) is 5.41 Å². The molecule has 1 N–H and O–H groups in total. The molecule has 1 saturated carbocycles. The van der Waals surface area contributed by atoms with Crippen LogP contribution in [0.3, 0.4) is 0 Å². The van der Waals surface area contributed by atoms with E-state index in [1.54, 1.807) is 6.20 Å². The number of hydrogen-bond donors (Lipinski definition) is 1. The van der Waals surface area contributed by atoms with Gasteiger partial charge in [-0.15, -0.1) is 0 Å². The second kappa shape index (κ2) is 9.61. The minimum absolute atomic E-state index is 0.137. The molecular weight excluding hydrogens is 374 g/mol. The van der Waals surface area contributed by atoms with E-state index in [9.17, 15) is 4.79 Å². The summed E-state index contributed by atoms with van der Waals surface area (Å²) in [5.41, 5.74) is 1.97. The molecule has 2 aromatic rings. The number of likely N-dealkylation sites (tertiary alicyclic amines) is 1. The van der Waals surface area contributed by atoms with Gasteiger partial charge in [0.2, 0.25) is 11.8 Å². The Balaban J connectivity index is 1.29. The normalized spacial score (nSPS) is 19.5. The molecule has 1 saturated heterocycles. The topological polar surface area (TPSA) is 54.5 Å². The predicted octanol–water partition coefficient (Wildman–Crippen LogP) is 4.32. The van der Waals surface area contributed by atoms with Crippen molar-refractivity contribution in [2.75, 3.05) is 13.1 Å². The number of pyridine rings is 1. The van der Waals surface area contributed by atoms with Crippen LogP contribution in [0.25, 0.3) is 0 Å². The number of aromatic nitrogens is 1. The second-order valence-corrected chi connectivity index (χ2v) is 9.00. The first-order valence-electron chi connectivity index (χ1n) is 11.3. The number of benzene rings is 1. The maximum atomic E-state index is 13.0. The van der Waals surface area contributed by atoms with Crippen LogP contribution in [-0.2, 0) is 17.9 Å². The quantitative estimate of drug-likeness (QED) is 0.743. The second-order valence-electron chi connectivity index (χ2n) is 9.00. The molecule has 30 heavy (non-hydrogen) atoms. The highest BCUT2D eigenvalue weighted by Gasteiger charge is 2.36. The molecule has 0 bridgehead atoms. The SMILES string of the molecule is CC1(C(=O)NCc2cccnc2OC2CCCC2)CCN(Cc2ccccc2)CC1. The monoisotopic (exact) mass is 407 g/mol. The molecule has 5 nitrogen and oxygen atoms in total. The summed E-state index contributed by atoms with van der Waals surface area (Å²) >= 11 is 0. The summed E-state index contributed by atoms with van der Waals surface area (Å²) in [6.45, 7) is 5.42. The standard InChI is InChI=1S/C25H33N3O2/c1-25(13-16-28(17-14-25)19-20-8-3-2-4-9-20)24(29)27-18-21-10-7-15-26-23(21)30-22-11-5-6-12-22/h2-4,7-10,15,22H,5-6,11-14,16-19H2,1H3,(H,27,29). The summed E-state index contributed by atoms with van der Waals surface area (Å²) in [4.78, 5) is 19.9. The highest BCUT2D eigenvalue weighted by molar-refractivity contribution is 5.82. The lowest BCUT2D eigenvalue weighted by atomic mass is 9.79. The van der Waals surface area contributed by atoms with Gasteiger partial charge in [0.25, 0.3) is 0 Å². The van der Waals surface area contributed by atoms with Gasteiger partial charge in [0.05, 0.1) is 0 Å². The van der Waals surface area contributed by atoms with Gasteiger partial charge >= 0.3 is 0 Å². The van der Waals surface area contributed by atoms with E-state index in [0.29, 0.717) is 12.4 Å². The predicted molar refractivity (Wildman–Crippen MR) is 118 cm³/mol. The summed E-state index contributed by atoms with van der Waals surface area (Å²) in [6, 6.07) is 14.5. The Labute approximate surface area is 179 Å². The number of amides is 1. The molecule has 0 atom stereocenters. The van der Waals surface area contributed by atoms with E-state index in [1.165, 1.54) is 18.4 Å². The number of rotatable bonds is 7. The molecule has 1 aromatic carbocycles. The van der Waals surface area contributed by atoms with Crippen LogP contribution < -0.4 is 10.1 Å². The van der Waals surface area contributed by atoms with E-state index in [-0.39, 0.29) is 17.4 Å². The fourth-order valence-electron chi connectivity index (χ4n) is 4.49. The summed E-state index contributed by atoms with van der Waals surface area (Å²) < 4.78 is 6.11. The van der Waals surface area contributed by atoms with Crippen molar-refractivity contribution in [2.45, 2.75) is 64.6 Å². The molecule has 2 fully saturated rings. The van der Waals surface area contributed by atoms with E-state index in [0.717, 1.165) is 50.9 Å². The highest BCUT2D eigenvalue weighted by Crippen LogP contribution is 2.32. The van der Waals surface area contributed by atoms with Gasteiger partial charge in [0.15, 0.2) is 0 Å². The zero-order valence-corrected chi connectivity index (χ0v) is 18.0. The molecule has 0 spiro atoms. The average Bonchev–Trinajstić information content (AvgIpc) is 3.28. The molecule has 160 valence electrons. The molecule has 1 amide bonds. The van der Waals surface area contributed by atoms with Gasteiger partial charge in [0, 0.05) is 30.3 Å². The molecule has 1 aliphatic carbocycles. The van der Waals surface area contributed by atoms with Gasteiger partial charge in [-0.3, -0.25) is 9.69 Å². The first kappa shape index (κ1) is 20.9. The van der Waals surface area contributed by atoms with Crippen LogP contribution >= 0.6 is 0 Å². The zero-order chi connectivity index (χ0) is 20.8. The van der Waals surface area contributed by atoms with Crippen LogP contribution in [0.15, 0.2) is 48.7 Å². The van der Waals surface area contributed by atoms with Crippen LogP contribution in [0.2, 0.25) is 0 Å². The molecule has 2 aliphatic rings. The number of carbonyl (C=O) groups excluding carboxylic acids is 1. The smallest absolute Gasteiger partial charge is 0.226 e. The number of ether oxygens (including phenoxy) is 1. The first-order valence-corrected chi connectivity index (χ1v) is 11.3. The third-order valence-corrected chi connectivity index (χ3v) is 6.63. The Hall–Kier alpha value is -2.40. The summed E-state index contributed by atoms with van der Waals surface area (Å²) in [5.74, 6) is 0.810. The lowest BCUT2D eigenvalue weighted by Crippen LogP contribution is -2.46. The first-order chi connectivity index (χ1) is 14.6. The Bertz CT molecular complexity index is 825. The average molecular weight is 408 g/mol. The molecule has 4 rings (SSSR count). The lowest BCUT2D eigenvalue weighted by molar-refractivity contribution is -0.133.